The van der Waals surface area contributed by atoms with Crippen LogP contribution in [0.4, 0.5) is 15.6 Å². The molecule has 1 aliphatic heterocycles. The largest absolute Gasteiger partial charge is 0.333 e. The molecular formula is C20H20N4O2S. The molecule has 3 aromatic rings. The van der Waals surface area contributed by atoms with Crippen molar-refractivity contribution in [2.24, 2.45) is 0 Å². The van der Waals surface area contributed by atoms with Crippen LogP contribution in [0, 0.1) is 13.8 Å². The van der Waals surface area contributed by atoms with Crippen LogP contribution in [0.1, 0.15) is 17.5 Å². The van der Waals surface area contributed by atoms with E-state index < -0.39 is 0 Å². The number of benzene rings is 2. The lowest BCUT2D eigenvalue weighted by Gasteiger charge is -2.18. The third kappa shape index (κ3) is 3.64. The van der Waals surface area contributed by atoms with Crippen molar-refractivity contribution in [1.82, 2.24) is 10.3 Å². The molecule has 0 unspecified atom stereocenters. The summed E-state index contributed by atoms with van der Waals surface area (Å²) >= 11 is 1.42. The van der Waals surface area contributed by atoms with Crippen LogP contribution in [0.3, 0.4) is 0 Å². The molecular weight excluding hydrogens is 360 g/mol. The number of nitrogens with one attached hydrogen (secondary N) is 2. The molecule has 1 aromatic heterocycles. The summed E-state index contributed by atoms with van der Waals surface area (Å²) in [6, 6.07) is 13.1. The molecule has 6 nitrogen and oxygen atoms in total. The van der Waals surface area contributed by atoms with E-state index in [1.165, 1.54) is 16.9 Å². The number of para-hydroxylation sites is 1. The molecule has 1 aliphatic rings. The van der Waals surface area contributed by atoms with Gasteiger partial charge >= 0.3 is 6.03 Å². The van der Waals surface area contributed by atoms with Gasteiger partial charge in [-0.2, -0.15) is 0 Å². The first kappa shape index (κ1) is 17.5. The van der Waals surface area contributed by atoms with Gasteiger partial charge in [0, 0.05) is 18.7 Å². The van der Waals surface area contributed by atoms with Crippen LogP contribution >= 0.6 is 11.3 Å². The van der Waals surface area contributed by atoms with Crippen molar-refractivity contribution in [2.75, 3.05) is 16.8 Å². The summed E-state index contributed by atoms with van der Waals surface area (Å²) < 4.78 is 1.02. The highest BCUT2D eigenvalue weighted by Crippen LogP contribution is 2.26. The average Bonchev–Trinajstić information content (AvgIpc) is 3.19. The highest BCUT2D eigenvalue weighted by molar-refractivity contribution is 7.22. The SMILES string of the molecule is Cc1ccc(N2C[C@H](NC(=O)Nc3nc4ccccc4s3)CC2=O)cc1C. The van der Waals surface area contributed by atoms with E-state index in [0.717, 1.165) is 21.5 Å². The maximum atomic E-state index is 12.4. The van der Waals surface area contributed by atoms with Crippen molar-refractivity contribution in [3.63, 3.8) is 0 Å². The first-order chi connectivity index (χ1) is 13.0. The summed E-state index contributed by atoms with van der Waals surface area (Å²) in [7, 11) is 0. The Balaban J connectivity index is 1.40. The molecule has 2 heterocycles. The Labute approximate surface area is 161 Å². The number of nitrogens with zero attached hydrogens (tertiary/aromatic N) is 2. The van der Waals surface area contributed by atoms with Gasteiger partial charge in [0.05, 0.1) is 16.3 Å². The predicted octanol–water partition coefficient (Wildman–Crippen LogP) is 3.84. The number of urea groups is 1. The van der Waals surface area contributed by atoms with Crippen LogP contribution in [-0.4, -0.2) is 29.5 Å². The number of hydrogen-bond donors (Lipinski definition) is 2. The van der Waals surface area contributed by atoms with Gasteiger partial charge in [-0.15, -0.1) is 0 Å². The zero-order valence-electron chi connectivity index (χ0n) is 15.2. The Kier molecular flexibility index (Phi) is 4.53. The second kappa shape index (κ2) is 7.00. The van der Waals surface area contributed by atoms with E-state index >= 15 is 0 Å². The van der Waals surface area contributed by atoms with Gasteiger partial charge in [0.15, 0.2) is 5.13 Å². The lowest BCUT2D eigenvalue weighted by atomic mass is 10.1. The Hall–Kier alpha value is -2.93. The molecule has 1 fully saturated rings. The van der Waals surface area contributed by atoms with E-state index in [0.29, 0.717) is 18.1 Å². The van der Waals surface area contributed by atoms with E-state index in [-0.39, 0.29) is 18.0 Å². The number of carbonyl (C=O) groups excluding carboxylic acids is 2. The van der Waals surface area contributed by atoms with Gasteiger partial charge in [-0.1, -0.05) is 29.5 Å². The predicted molar refractivity (Wildman–Crippen MR) is 108 cm³/mol. The van der Waals surface area contributed by atoms with E-state index in [9.17, 15) is 9.59 Å². The Morgan fingerprint density at radius 2 is 2.00 bits per heavy atom. The number of rotatable bonds is 3. The quantitative estimate of drug-likeness (QED) is 0.725. The zero-order chi connectivity index (χ0) is 19.0. The van der Waals surface area contributed by atoms with Crippen LogP contribution in [0.15, 0.2) is 42.5 Å². The van der Waals surface area contributed by atoms with Crippen molar-refractivity contribution < 1.29 is 9.59 Å². The fraction of sp³-hybridized carbons (Fsp3) is 0.250. The maximum Gasteiger partial charge on any atom is 0.321 e. The molecule has 2 N–H and O–H groups in total. The van der Waals surface area contributed by atoms with Gasteiger partial charge in [0.1, 0.15) is 0 Å². The molecule has 138 valence electrons. The fourth-order valence-corrected chi connectivity index (χ4v) is 4.05. The molecule has 0 aliphatic carbocycles. The van der Waals surface area contributed by atoms with Crippen LogP contribution in [0.2, 0.25) is 0 Å². The summed E-state index contributed by atoms with van der Waals surface area (Å²) in [5.74, 6) is 0.0172. The van der Waals surface area contributed by atoms with Gasteiger partial charge < -0.3 is 10.2 Å². The Morgan fingerprint density at radius 1 is 1.19 bits per heavy atom. The maximum absolute atomic E-state index is 12.4. The Morgan fingerprint density at radius 3 is 2.78 bits per heavy atom. The minimum Gasteiger partial charge on any atom is -0.333 e. The number of aromatic nitrogens is 1. The van der Waals surface area contributed by atoms with Crippen molar-refractivity contribution in [1.29, 1.82) is 0 Å². The van der Waals surface area contributed by atoms with Gasteiger partial charge in [-0.05, 0) is 49.2 Å². The monoisotopic (exact) mass is 380 g/mol. The third-order valence-corrected chi connectivity index (χ3v) is 5.73. The smallest absolute Gasteiger partial charge is 0.321 e. The minimum absolute atomic E-state index is 0.0172. The summed E-state index contributed by atoms with van der Waals surface area (Å²) in [6.07, 6.45) is 0.292. The molecule has 7 heteroatoms. The molecule has 0 saturated carbocycles. The second-order valence-electron chi connectivity index (χ2n) is 6.76. The molecule has 27 heavy (non-hydrogen) atoms. The highest BCUT2D eigenvalue weighted by Gasteiger charge is 2.31. The van der Waals surface area contributed by atoms with Crippen LogP contribution in [0.25, 0.3) is 10.2 Å². The third-order valence-electron chi connectivity index (χ3n) is 4.78. The fourth-order valence-electron chi connectivity index (χ4n) is 3.19. The van der Waals surface area contributed by atoms with Gasteiger partial charge in [-0.3, -0.25) is 10.1 Å². The number of thiazole rings is 1. The zero-order valence-corrected chi connectivity index (χ0v) is 16.0. The normalized spacial score (nSPS) is 16.7. The summed E-state index contributed by atoms with van der Waals surface area (Å²) in [6.45, 7) is 4.54. The van der Waals surface area contributed by atoms with E-state index in [4.69, 9.17) is 0 Å². The van der Waals surface area contributed by atoms with Gasteiger partial charge in [-0.25, -0.2) is 9.78 Å². The van der Waals surface area contributed by atoms with E-state index in [2.05, 4.69) is 15.6 Å². The summed E-state index contributed by atoms with van der Waals surface area (Å²) in [5, 5.41) is 6.20. The number of anilines is 2. The Bertz CT molecular complexity index is 997. The molecule has 1 atom stereocenters. The van der Waals surface area contributed by atoms with Crippen LogP contribution < -0.4 is 15.5 Å². The van der Waals surface area contributed by atoms with E-state index in [1.54, 1.807) is 4.90 Å². The van der Waals surface area contributed by atoms with Crippen molar-refractivity contribution in [3.8, 4) is 0 Å². The van der Waals surface area contributed by atoms with Crippen molar-refractivity contribution >= 4 is 44.3 Å². The van der Waals surface area contributed by atoms with Crippen molar-refractivity contribution in [3.05, 3.63) is 53.6 Å². The number of carbonyl (C=O) groups is 2. The first-order valence-corrected chi connectivity index (χ1v) is 9.62. The van der Waals surface area contributed by atoms with E-state index in [1.807, 2.05) is 56.3 Å². The first-order valence-electron chi connectivity index (χ1n) is 8.80. The van der Waals surface area contributed by atoms with Gasteiger partial charge in [0.25, 0.3) is 0 Å². The summed E-state index contributed by atoms with van der Waals surface area (Å²) in [5.41, 5.74) is 4.06. The standard InChI is InChI=1S/C20H20N4O2S/c1-12-7-8-15(9-13(12)2)24-11-14(10-18(24)25)21-19(26)23-20-22-16-5-3-4-6-17(16)27-20/h3-9,14H,10-11H2,1-2H3,(H2,21,22,23,26)/t14-/m1/s1. The lowest BCUT2D eigenvalue weighted by Crippen LogP contribution is -2.39. The molecule has 0 radical (unpaired) electrons. The lowest BCUT2D eigenvalue weighted by molar-refractivity contribution is -0.117. The highest BCUT2D eigenvalue weighted by atomic mass is 32.1. The number of aryl methyl sites for hydroxylation is 2. The number of fused-ring (bicyclic) bond motifs is 1. The molecule has 2 aromatic carbocycles. The number of amides is 3. The molecule has 4 rings (SSSR count). The van der Waals surface area contributed by atoms with Crippen molar-refractivity contribution in [2.45, 2.75) is 26.3 Å². The molecule has 0 spiro atoms. The van der Waals surface area contributed by atoms with Gasteiger partial charge in [0.2, 0.25) is 5.91 Å². The minimum atomic E-state index is -0.339. The average molecular weight is 380 g/mol. The van der Waals surface area contributed by atoms with Crippen LogP contribution in [0.5, 0.6) is 0 Å². The van der Waals surface area contributed by atoms with Crippen LogP contribution in [-0.2, 0) is 4.79 Å². The summed E-state index contributed by atoms with van der Waals surface area (Å²) in [4.78, 5) is 30.8. The molecule has 3 amide bonds. The number of hydrogen-bond acceptors (Lipinski definition) is 4. The molecule has 0 bridgehead atoms. The molecule has 1 saturated heterocycles. The topological polar surface area (TPSA) is 74.3 Å². The second-order valence-corrected chi connectivity index (χ2v) is 7.79.